The van der Waals surface area contributed by atoms with Crippen molar-refractivity contribution in [3.63, 3.8) is 0 Å². The van der Waals surface area contributed by atoms with E-state index in [4.69, 9.17) is 16.3 Å². The first-order valence-corrected chi connectivity index (χ1v) is 6.38. The van der Waals surface area contributed by atoms with Crippen LogP contribution in [0, 0.1) is 5.92 Å². The molecule has 0 aliphatic rings. The Morgan fingerprint density at radius 2 is 2.28 bits per heavy atom. The summed E-state index contributed by atoms with van der Waals surface area (Å²) in [6.45, 7) is 4.65. The van der Waals surface area contributed by atoms with Crippen LogP contribution in [0.3, 0.4) is 0 Å². The second kappa shape index (κ2) is 7.21. The zero-order valence-corrected chi connectivity index (χ0v) is 11.7. The minimum atomic E-state index is -0.191. The van der Waals surface area contributed by atoms with Gasteiger partial charge in [0.2, 0.25) is 0 Å². The number of methoxy groups -OCH3 is 1. The zero-order valence-electron chi connectivity index (χ0n) is 10.9. The number of carbonyl (C=O) groups excluding carboxylic acids is 1. The molecule has 1 aromatic heterocycles. The van der Waals surface area contributed by atoms with Gasteiger partial charge in [-0.1, -0.05) is 13.8 Å². The van der Waals surface area contributed by atoms with Crippen molar-refractivity contribution in [2.75, 3.05) is 13.7 Å². The highest BCUT2D eigenvalue weighted by Crippen LogP contribution is 2.15. The van der Waals surface area contributed by atoms with Crippen molar-refractivity contribution in [3.05, 3.63) is 24.0 Å². The molecule has 4 nitrogen and oxygen atoms in total. The highest BCUT2D eigenvalue weighted by atomic mass is 35.5. The van der Waals surface area contributed by atoms with Crippen LogP contribution in [-0.4, -0.2) is 29.9 Å². The van der Waals surface area contributed by atoms with E-state index in [1.807, 2.05) is 0 Å². The molecule has 5 heteroatoms. The van der Waals surface area contributed by atoms with Gasteiger partial charge in [-0.25, -0.2) is 0 Å². The molecule has 0 aliphatic heterocycles. The summed E-state index contributed by atoms with van der Waals surface area (Å²) < 4.78 is 5.08. The lowest BCUT2D eigenvalue weighted by Gasteiger charge is -2.13. The van der Waals surface area contributed by atoms with E-state index in [2.05, 4.69) is 24.1 Å². The van der Waals surface area contributed by atoms with E-state index in [1.54, 1.807) is 12.3 Å². The van der Waals surface area contributed by atoms with Crippen LogP contribution in [0.1, 0.15) is 30.6 Å². The minimum Gasteiger partial charge on any atom is -0.494 e. The summed E-state index contributed by atoms with van der Waals surface area (Å²) >= 11 is 6.12. The lowest BCUT2D eigenvalue weighted by molar-refractivity contribution is 0.0949. The Kier molecular flexibility index (Phi) is 5.92. The van der Waals surface area contributed by atoms with Crippen molar-refractivity contribution in [2.24, 2.45) is 5.92 Å². The van der Waals surface area contributed by atoms with Gasteiger partial charge in [-0.2, -0.15) is 0 Å². The summed E-state index contributed by atoms with van der Waals surface area (Å²) in [6, 6.07) is 1.62. The van der Waals surface area contributed by atoms with Crippen molar-refractivity contribution in [1.29, 1.82) is 0 Å². The topological polar surface area (TPSA) is 51.2 Å². The Balaban J connectivity index is 2.55. The van der Waals surface area contributed by atoms with E-state index in [0.29, 0.717) is 23.8 Å². The Morgan fingerprint density at radius 3 is 2.89 bits per heavy atom. The molecular formula is C13H19ClN2O2. The second-order valence-corrected chi connectivity index (χ2v) is 5.13. The lowest BCUT2D eigenvalue weighted by atomic mass is 10.1. The maximum absolute atomic E-state index is 11.9. The van der Waals surface area contributed by atoms with Gasteiger partial charge in [0, 0.05) is 12.7 Å². The quantitative estimate of drug-likeness (QED) is 0.808. The van der Waals surface area contributed by atoms with Crippen LogP contribution in [0.2, 0.25) is 0 Å². The number of rotatable bonds is 6. The number of halogens is 1. The summed E-state index contributed by atoms with van der Waals surface area (Å²) in [5.74, 6) is 0.786. The number of nitrogens with one attached hydrogen (secondary N) is 1. The van der Waals surface area contributed by atoms with Gasteiger partial charge in [0.25, 0.3) is 5.91 Å². The molecular weight excluding hydrogens is 252 g/mol. The number of alkyl halides is 1. The molecule has 0 fully saturated rings. The third-order valence-corrected chi connectivity index (χ3v) is 2.79. The Bertz CT molecular complexity index is 396. The number of pyridine rings is 1. The largest absolute Gasteiger partial charge is 0.494 e. The fourth-order valence-corrected chi connectivity index (χ4v) is 2.06. The molecule has 0 bridgehead atoms. The fraction of sp³-hybridized carbons (Fsp3) is 0.538. The van der Waals surface area contributed by atoms with Crippen LogP contribution in [-0.2, 0) is 0 Å². The summed E-state index contributed by atoms with van der Waals surface area (Å²) in [6.07, 6.45) is 3.94. The second-order valence-electron chi connectivity index (χ2n) is 4.51. The maximum Gasteiger partial charge on any atom is 0.255 e. The van der Waals surface area contributed by atoms with Gasteiger partial charge in [0.15, 0.2) is 0 Å². The number of carbonyl (C=O) groups is 1. The molecule has 0 spiro atoms. The Hall–Kier alpha value is -1.29. The smallest absolute Gasteiger partial charge is 0.255 e. The average Bonchev–Trinajstić information content (AvgIpc) is 2.35. The monoisotopic (exact) mass is 270 g/mol. The number of nitrogens with zero attached hydrogens (tertiary/aromatic N) is 1. The molecule has 1 heterocycles. The van der Waals surface area contributed by atoms with E-state index < -0.39 is 0 Å². The summed E-state index contributed by atoms with van der Waals surface area (Å²) in [4.78, 5) is 15.8. The van der Waals surface area contributed by atoms with Gasteiger partial charge in [-0.15, -0.1) is 11.6 Å². The Morgan fingerprint density at radius 1 is 1.56 bits per heavy atom. The van der Waals surface area contributed by atoms with Gasteiger partial charge in [0.05, 0.1) is 24.2 Å². The van der Waals surface area contributed by atoms with Crippen molar-refractivity contribution in [1.82, 2.24) is 10.3 Å². The minimum absolute atomic E-state index is 0.0539. The number of aromatic nitrogens is 1. The molecule has 1 rings (SSSR count). The number of hydrogen-bond donors (Lipinski definition) is 1. The molecule has 1 unspecified atom stereocenters. The molecule has 0 saturated heterocycles. The van der Waals surface area contributed by atoms with Crippen LogP contribution >= 0.6 is 11.6 Å². The first kappa shape index (κ1) is 14.8. The van der Waals surface area contributed by atoms with Crippen LogP contribution in [0.5, 0.6) is 5.75 Å². The lowest BCUT2D eigenvalue weighted by Crippen LogP contribution is -2.30. The summed E-state index contributed by atoms with van der Waals surface area (Å²) in [7, 11) is 1.51. The van der Waals surface area contributed by atoms with Crippen molar-refractivity contribution < 1.29 is 9.53 Å². The van der Waals surface area contributed by atoms with E-state index in [-0.39, 0.29) is 11.3 Å². The van der Waals surface area contributed by atoms with E-state index in [9.17, 15) is 4.79 Å². The van der Waals surface area contributed by atoms with Gasteiger partial charge in [-0.3, -0.25) is 9.78 Å². The summed E-state index contributed by atoms with van der Waals surface area (Å²) in [5.41, 5.74) is 0.473. The molecule has 1 amide bonds. The molecule has 0 radical (unpaired) electrons. The van der Waals surface area contributed by atoms with Gasteiger partial charge < -0.3 is 10.1 Å². The highest BCUT2D eigenvalue weighted by molar-refractivity contribution is 6.21. The standard InChI is InChI=1S/C13H19ClN2O2/c1-9(2)6-10(14)7-16-13(17)11-4-5-15-8-12(11)18-3/h4-5,8-10H,6-7H2,1-3H3,(H,16,17). The van der Waals surface area contributed by atoms with E-state index in [1.165, 1.54) is 13.3 Å². The third-order valence-electron chi connectivity index (χ3n) is 2.46. The highest BCUT2D eigenvalue weighted by Gasteiger charge is 2.14. The predicted octanol–water partition coefficient (Wildman–Crippen LogP) is 2.47. The molecule has 1 aromatic rings. The van der Waals surface area contributed by atoms with Crippen molar-refractivity contribution >= 4 is 17.5 Å². The van der Waals surface area contributed by atoms with Crippen LogP contribution < -0.4 is 10.1 Å². The fourth-order valence-electron chi connectivity index (χ4n) is 1.62. The average molecular weight is 271 g/mol. The van der Waals surface area contributed by atoms with Gasteiger partial charge >= 0.3 is 0 Å². The number of amides is 1. The molecule has 100 valence electrons. The van der Waals surface area contributed by atoms with Gasteiger partial charge in [-0.05, 0) is 18.4 Å². The molecule has 18 heavy (non-hydrogen) atoms. The predicted molar refractivity (Wildman–Crippen MR) is 72.2 cm³/mol. The van der Waals surface area contributed by atoms with Crippen LogP contribution in [0.25, 0.3) is 0 Å². The Labute approximate surface area is 113 Å². The normalized spacial score (nSPS) is 12.3. The maximum atomic E-state index is 11.9. The number of ether oxygens (including phenoxy) is 1. The van der Waals surface area contributed by atoms with Crippen molar-refractivity contribution in [2.45, 2.75) is 25.6 Å². The molecule has 0 saturated carbocycles. The first-order valence-electron chi connectivity index (χ1n) is 5.94. The van der Waals surface area contributed by atoms with Gasteiger partial charge in [0.1, 0.15) is 5.75 Å². The van der Waals surface area contributed by atoms with Crippen LogP contribution in [0.4, 0.5) is 0 Å². The molecule has 1 N–H and O–H groups in total. The van der Waals surface area contributed by atoms with E-state index >= 15 is 0 Å². The number of hydrogen-bond acceptors (Lipinski definition) is 3. The molecule has 1 atom stereocenters. The van der Waals surface area contributed by atoms with E-state index in [0.717, 1.165) is 6.42 Å². The first-order chi connectivity index (χ1) is 8.54. The van der Waals surface area contributed by atoms with Crippen LogP contribution in [0.15, 0.2) is 18.5 Å². The van der Waals surface area contributed by atoms with Crippen molar-refractivity contribution in [3.8, 4) is 5.75 Å². The SMILES string of the molecule is COc1cnccc1C(=O)NCC(Cl)CC(C)C. The zero-order chi connectivity index (χ0) is 13.5. The third kappa shape index (κ3) is 4.53. The summed E-state index contributed by atoms with van der Waals surface area (Å²) in [5, 5.41) is 2.75. The molecule has 0 aromatic carbocycles. The molecule has 0 aliphatic carbocycles.